The molecule has 9 nitrogen and oxygen atoms in total. The number of carbonyl (C=O) groups excluding carboxylic acids is 3. The number of anilines is 1. The molecule has 3 rings (SSSR count). The molecule has 0 heterocycles. The van der Waals surface area contributed by atoms with Gasteiger partial charge in [0.05, 0.1) is 6.54 Å². The molecule has 0 fully saturated rings. The van der Waals surface area contributed by atoms with Gasteiger partial charge in [0.15, 0.2) is 0 Å². The first kappa shape index (κ1) is 33.6. The molecule has 0 saturated heterocycles. The van der Waals surface area contributed by atoms with Crippen molar-refractivity contribution in [3.63, 3.8) is 0 Å². The number of halogens is 5. The summed E-state index contributed by atoms with van der Waals surface area (Å²) in [6, 6.07) is 12.8. The van der Waals surface area contributed by atoms with Gasteiger partial charge >= 0.3 is 18.2 Å². The molecule has 2 N–H and O–H groups in total. The summed E-state index contributed by atoms with van der Waals surface area (Å²) < 4.78 is 83.4. The summed E-state index contributed by atoms with van der Waals surface area (Å²) in [5.41, 5.74) is 2.45. The molecule has 0 aliphatic heterocycles. The van der Waals surface area contributed by atoms with E-state index in [9.17, 15) is 36.3 Å². The number of rotatable bonds is 9. The lowest BCUT2D eigenvalue weighted by Gasteiger charge is -2.22. The second kappa shape index (κ2) is 14.1. The SMILES string of the molecule is CN(C)c1ccccc1-c1ccc(COC(=O)N[C@@H](CNC(=O)OC(C)(C)C)C(=O)Oc2c(F)c(F)c(F)c(F)c2F)cc1. The zero-order valence-corrected chi connectivity index (χ0v) is 24.4. The smallest absolute Gasteiger partial charge is 0.408 e. The number of para-hydroxylation sites is 1. The Labute approximate surface area is 249 Å². The zero-order chi connectivity index (χ0) is 32.8. The molecule has 0 bridgehead atoms. The average Bonchev–Trinajstić information content (AvgIpc) is 2.97. The molecule has 0 unspecified atom stereocenters. The van der Waals surface area contributed by atoms with Crippen LogP contribution in [0, 0.1) is 29.1 Å². The van der Waals surface area contributed by atoms with Crippen LogP contribution in [0.4, 0.5) is 37.2 Å². The number of alkyl carbamates (subject to hydrolysis) is 2. The van der Waals surface area contributed by atoms with Crippen molar-refractivity contribution in [2.45, 2.75) is 39.0 Å². The van der Waals surface area contributed by atoms with Gasteiger partial charge in [-0.2, -0.15) is 8.78 Å². The van der Waals surface area contributed by atoms with Crippen LogP contribution in [0.25, 0.3) is 11.1 Å². The number of hydrogen-bond donors (Lipinski definition) is 2. The topological polar surface area (TPSA) is 106 Å². The minimum Gasteiger partial charge on any atom is -0.445 e. The van der Waals surface area contributed by atoms with E-state index in [0.717, 1.165) is 16.8 Å². The van der Waals surface area contributed by atoms with E-state index < -0.39 is 71.2 Å². The fourth-order valence-electron chi connectivity index (χ4n) is 3.76. The maximum absolute atomic E-state index is 14.1. The van der Waals surface area contributed by atoms with Gasteiger partial charge in [-0.1, -0.05) is 42.5 Å². The Morgan fingerprint density at radius 1 is 0.818 bits per heavy atom. The largest absolute Gasteiger partial charge is 0.445 e. The monoisotopic (exact) mass is 623 g/mol. The third-order valence-corrected chi connectivity index (χ3v) is 5.82. The van der Waals surface area contributed by atoms with Gasteiger partial charge in [-0.15, -0.1) is 0 Å². The third-order valence-electron chi connectivity index (χ3n) is 5.82. The predicted molar refractivity (Wildman–Crippen MR) is 149 cm³/mol. The molecule has 236 valence electrons. The predicted octanol–water partition coefficient (Wildman–Crippen LogP) is 5.84. The number of nitrogens with zero attached hydrogens (tertiary/aromatic N) is 1. The first-order chi connectivity index (χ1) is 20.6. The Bertz CT molecular complexity index is 1500. The van der Waals surface area contributed by atoms with Crippen molar-refractivity contribution in [3.05, 3.63) is 83.2 Å². The lowest BCUT2D eigenvalue weighted by atomic mass is 10.0. The molecule has 0 aromatic heterocycles. The molecule has 1 atom stereocenters. The second-order valence-electron chi connectivity index (χ2n) is 10.6. The minimum absolute atomic E-state index is 0.277. The molecule has 0 spiro atoms. The van der Waals surface area contributed by atoms with Crippen LogP contribution in [0.3, 0.4) is 0 Å². The van der Waals surface area contributed by atoms with Gasteiger partial charge in [0.2, 0.25) is 34.8 Å². The summed E-state index contributed by atoms with van der Waals surface area (Å²) in [5.74, 6) is -15.5. The van der Waals surface area contributed by atoms with E-state index in [2.05, 4.69) is 10.1 Å². The van der Waals surface area contributed by atoms with E-state index in [-0.39, 0.29) is 6.61 Å². The van der Waals surface area contributed by atoms with E-state index in [0.29, 0.717) is 5.56 Å². The molecule has 2 amide bonds. The Morgan fingerprint density at radius 2 is 1.39 bits per heavy atom. The van der Waals surface area contributed by atoms with Crippen molar-refractivity contribution in [3.8, 4) is 16.9 Å². The number of hydrogen-bond acceptors (Lipinski definition) is 7. The molecule has 0 saturated carbocycles. The molecule has 0 radical (unpaired) electrons. The summed E-state index contributed by atoms with van der Waals surface area (Å²) in [6.07, 6.45) is -2.27. The van der Waals surface area contributed by atoms with Crippen LogP contribution in [0.2, 0.25) is 0 Å². The molecule has 0 aliphatic rings. The van der Waals surface area contributed by atoms with E-state index in [1.165, 1.54) is 0 Å². The van der Waals surface area contributed by atoms with Gasteiger partial charge in [-0.25, -0.2) is 27.6 Å². The first-order valence-electron chi connectivity index (χ1n) is 13.1. The highest BCUT2D eigenvalue weighted by atomic mass is 19.2. The summed E-state index contributed by atoms with van der Waals surface area (Å²) in [6.45, 7) is 3.60. The molecule has 44 heavy (non-hydrogen) atoms. The fourth-order valence-corrected chi connectivity index (χ4v) is 3.76. The summed E-state index contributed by atoms with van der Waals surface area (Å²) >= 11 is 0. The first-order valence-corrected chi connectivity index (χ1v) is 13.1. The molecule has 14 heteroatoms. The molecular formula is C30H30F5N3O6. The van der Waals surface area contributed by atoms with E-state index >= 15 is 0 Å². The summed E-state index contributed by atoms with van der Waals surface area (Å²) in [5, 5.41) is 4.19. The Kier molecular flexibility index (Phi) is 10.7. The maximum atomic E-state index is 14.1. The molecule has 0 aliphatic carbocycles. The maximum Gasteiger partial charge on any atom is 0.408 e. The van der Waals surface area contributed by atoms with Crippen LogP contribution >= 0.6 is 0 Å². The van der Waals surface area contributed by atoms with E-state index in [1.54, 1.807) is 32.9 Å². The average molecular weight is 624 g/mol. The number of benzene rings is 3. The highest BCUT2D eigenvalue weighted by Gasteiger charge is 2.32. The molecule has 3 aromatic rings. The fraction of sp³-hybridized carbons (Fsp3) is 0.300. The van der Waals surface area contributed by atoms with Crippen LogP contribution in [-0.2, 0) is 20.9 Å². The van der Waals surface area contributed by atoms with Crippen molar-refractivity contribution in [2.24, 2.45) is 0 Å². The summed E-state index contributed by atoms with van der Waals surface area (Å²) in [7, 11) is 3.82. The van der Waals surface area contributed by atoms with Crippen molar-refractivity contribution < 1.29 is 50.5 Å². The van der Waals surface area contributed by atoms with Crippen LogP contribution in [0.5, 0.6) is 5.75 Å². The third kappa shape index (κ3) is 8.58. The summed E-state index contributed by atoms with van der Waals surface area (Å²) in [4.78, 5) is 39.3. The van der Waals surface area contributed by atoms with Gasteiger partial charge in [0.1, 0.15) is 18.2 Å². The van der Waals surface area contributed by atoms with Gasteiger partial charge in [0.25, 0.3) is 0 Å². The molecular weight excluding hydrogens is 593 g/mol. The van der Waals surface area contributed by atoms with Crippen LogP contribution in [0.15, 0.2) is 48.5 Å². The Balaban J connectivity index is 1.72. The quantitative estimate of drug-likeness (QED) is 0.101. The van der Waals surface area contributed by atoms with Crippen LogP contribution in [-0.4, -0.2) is 50.4 Å². The van der Waals surface area contributed by atoms with Gasteiger partial charge in [0, 0.05) is 25.3 Å². The van der Waals surface area contributed by atoms with E-state index in [4.69, 9.17) is 9.47 Å². The van der Waals surface area contributed by atoms with Crippen LogP contribution in [0.1, 0.15) is 26.3 Å². The Hall–Kier alpha value is -4.88. The van der Waals surface area contributed by atoms with E-state index in [1.807, 2.05) is 60.7 Å². The van der Waals surface area contributed by atoms with Crippen molar-refractivity contribution >= 4 is 23.8 Å². The number of ether oxygens (including phenoxy) is 3. The number of nitrogens with one attached hydrogen (secondary N) is 2. The zero-order valence-electron chi connectivity index (χ0n) is 24.4. The standard InChI is InChI=1S/C30H30F5N3O6/c1-30(2,3)44-28(40)36-14-19(27(39)43-26-24(34)22(32)21(31)23(33)25(26)35)37-29(41)42-15-16-10-12-17(13-11-16)18-8-6-7-9-20(18)38(4)5/h6-13,19H,14-15H2,1-5H3,(H,36,40)(H,37,41)/t19-/m0/s1. The van der Waals surface area contributed by atoms with Gasteiger partial charge < -0.3 is 29.7 Å². The highest BCUT2D eigenvalue weighted by molar-refractivity contribution is 5.84. The number of carbonyl (C=O) groups is 3. The lowest BCUT2D eigenvalue weighted by molar-refractivity contribution is -0.137. The number of esters is 1. The second-order valence-corrected chi connectivity index (χ2v) is 10.6. The van der Waals surface area contributed by atoms with Crippen molar-refractivity contribution in [1.82, 2.24) is 10.6 Å². The van der Waals surface area contributed by atoms with Crippen molar-refractivity contribution in [2.75, 3.05) is 25.5 Å². The van der Waals surface area contributed by atoms with Crippen molar-refractivity contribution in [1.29, 1.82) is 0 Å². The normalized spacial score (nSPS) is 11.8. The van der Waals surface area contributed by atoms with Gasteiger partial charge in [-0.05, 0) is 38.0 Å². The van der Waals surface area contributed by atoms with Gasteiger partial charge in [-0.3, -0.25) is 0 Å². The minimum atomic E-state index is -2.46. The lowest BCUT2D eigenvalue weighted by Crippen LogP contribution is -2.50. The van der Waals surface area contributed by atoms with Crippen LogP contribution < -0.4 is 20.3 Å². The Morgan fingerprint density at radius 3 is 1.95 bits per heavy atom. The molecule has 3 aromatic carbocycles. The number of amides is 2. The highest BCUT2D eigenvalue weighted by Crippen LogP contribution is 2.30.